The molecule has 0 aliphatic rings. The van der Waals surface area contributed by atoms with Crippen LogP contribution in [0.25, 0.3) is 0 Å². The van der Waals surface area contributed by atoms with Gasteiger partial charge in [0.1, 0.15) is 17.1 Å². The van der Waals surface area contributed by atoms with Crippen molar-refractivity contribution in [3.05, 3.63) is 23.4 Å². The van der Waals surface area contributed by atoms with Crippen LogP contribution in [0.4, 0.5) is 14.6 Å². The highest BCUT2D eigenvalue weighted by Gasteiger charge is 2.31. The van der Waals surface area contributed by atoms with Crippen molar-refractivity contribution in [2.75, 3.05) is 5.73 Å². The molecule has 0 fully saturated rings. The Morgan fingerprint density at radius 3 is 2.60 bits per heavy atom. The predicted molar refractivity (Wildman–Crippen MR) is 49.8 cm³/mol. The fraction of sp³-hybridized carbons (Fsp3) is 0.333. The number of carboxylic acid groups (broad SMARTS) is 1. The number of carbonyl (C=O) groups is 1. The van der Waals surface area contributed by atoms with E-state index in [1.807, 2.05) is 0 Å². The highest BCUT2D eigenvalue weighted by atomic mass is 19.3. The van der Waals surface area contributed by atoms with Crippen molar-refractivity contribution < 1.29 is 18.7 Å². The first-order valence-corrected chi connectivity index (χ1v) is 4.26. The van der Waals surface area contributed by atoms with E-state index in [9.17, 15) is 13.6 Å². The maximum absolute atomic E-state index is 13.1. The maximum atomic E-state index is 13.1. The van der Waals surface area contributed by atoms with Crippen LogP contribution in [0.1, 0.15) is 29.4 Å². The molecule has 82 valence electrons. The Kier molecular flexibility index (Phi) is 2.88. The summed E-state index contributed by atoms with van der Waals surface area (Å²) in [4.78, 5) is 13.9. The molecule has 1 aromatic heterocycles. The molecule has 0 aliphatic carbocycles. The molecule has 6 heteroatoms. The van der Waals surface area contributed by atoms with Gasteiger partial charge in [-0.2, -0.15) is 8.78 Å². The first kappa shape index (κ1) is 11.4. The molecular weight excluding hydrogens is 206 g/mol. The van der Waals surface area contributed by atoms with Gasteiger partial charge in [-0.3, -0.25) is 0 Å². The molecule has 0 unspecified atom stereocenters. The summed E-state index contributed by atoms with van der Waals surface area (Å²) >= 11 is 0. The van der Waals surface area contributed by atoms with Gasteiger partial charge >= 0.3 is 5.97 Å². The largest absolute Gasteiger partial charge is 0.478 e. The number of rotatable bonds is 3. The average molecular weight is 216 g/mol. The zero-order valence-corrected chi connectivity index (χ0v) is 8.00. The van der Waals surface area contributed by atoms with Crippen molar-refractivity contribution >= 4 is 11.8 Å². The van der Waals surface area contributed by atoms with Crippen LogP contribution in [0.5, 0.6) is 0 Å². The van der Waals surface area contributed by atoms with Gasteiger partial charge in [-0.15, -0.1) is 0 Å². The van der Waals surface area contributed by atoms with Crippen LogP contribution < -0.4 is 5.73 Å². The minimum atomic E-state index is -3.08. The molecule has 0 atom stereocenters. The van der Waals surface area contributed by atoms with E-state index in [0.717, 1.165) is 12.1 Å². The standard InChI is InChI=1S/C9H10F2N2O2/c1-2-9(10,11)6-4-3-5(8(14)15)7(12)13-6/h3-4H,2H2,1H3,(H2,12,13)(H,14,15). The van der Waals surface area contributed by atoms with Crippen molar-refractivity contribution in [1.82, 2.24) is 4.98 Å². The Labute approximate surface area is 84.7 Å². The lowest BCUT2D eigenvalue weighted by Gasteiger charge is -2.13. The third kappa shape index (κ3) is 2.20. The quantitative estimate of drug-likeness (QED) is 0.808. The molecule has 0 radical (unpaired) electrons. The van der Waals surface area contributed by atoms with Gasteiger partial charge in [0.15, 0.2) is 0 Å². The summed E-state index contributed by atoms with van der Waals surface area (Å²) in [6, 6.07) is 2.01. The summed E-state index contributed by atoms with van der Waals surface area (Å²) in [5.41, 5.74) is 4.47. The Morgan fingerprint density at radius 2 is 2.20 bits per heavy atom. The van der Waals surface area contributed by atoms with Gasteiger partial charge in [-0.05, 0) is 12.1 Å². The number of pyridine rings is 1. The second-order valence-corrected chi connectivity index (χ2v) is 2.99. The molecule has 4 nitrogen and oxygen atoms in total. The SMILES string of the molecule is CCC(F)(F)c1ccc(C(=O)O)c(N)n1. The zero-order valence-electron chi connectivity index (χ0n) is 8.00. The number of aromatic carboxylic acids is 1. The number of anilines is 1. The first-order chi connectivity index (χ1) is 6.88. The zero-order chi connectivity index (χ0) is 11.6. The van der Waals surface area contributed by atoms with Crippen molar-refractivity contribution in [2.45, 2.75) is 19.3 Å². The number of nitrogen functional groups attached to an aromatic ring is 1. The Morgan fingerprint density at radius 1 is 1.60 bits per heavy atom. The molecule has 15 heavy (non-hydrogen) atoms. The summed E-state index contributed by atoms with van der Waals surface area (Å²) in [6.07, 6.45) is -0.411. The van der Waals surface area contributed by atoms with Gasteiger partial charge in [0, 0.05) is 6.42 Å². The molecular formula is C9H10F2N2O2. The highest BCUT2D eigenvalue weighted by molar-refractivity contribution is 5.92. The lowest BCUT2D eigenvalue weighted by atomic mass is 10.1. The molecule has 3 N–H and O–H groups in total. The predicted octanol–water partition coefficient (Wildman–Crippen LogP) is 1.86. The molecule has 0 saturated carbocycles. The number of carboxylic acids is 1. The van der Waals surface area contributed by atoms with Gasteiger partial charge in [0.2, 0.25) is 0 Å². The Hall–Kier alpha value is -1.72. The van der Waals surface area contributed by atoms with Crippen LogP contribution in [0.3, 0.4) is 0 Å². The lowest BCUT2D eigenvalue weighted by molar-refractivity contribution is -0.0127. The number of hydrogen-bond donors (Lipinski definition) is 2. The summed E-state index contributed by atoms with van der Waals surface area (Å²) in [5.74, 6) is -4.76. The molecule has 1 rings (SSSR count). The summed E-state index contributed by atoms with van der Waals surface area (Å²) in [7, 11) is 0. The van der Waals surface area contributed by atoms with E-state index < -0.39 is 29.8 Å². The lowest BCUT2D eigenvalue weighted by Crippen LogP contribution is -2.16. The van der Waals surface area contributed by atoms with Gasteiger partial charge in [0.05, 0.1) is 0 Å². The summed E-state index contributed by atoms with van der Waals surface area (Å²) in [6.45, 7) is 1.31. The van der Waals surface area contributed by atoms with Gasteiger partial charge in [-0.1, -0.05) is 6.92 Å². The number of hydrogen-bond acceptors (Lipinski definition) is 3. The van der Waals surface area contributed by atoms with Crippen LogP contribution in [0.2, 0.25) is 0 Å². The Balaban J connectivity index is 3.18. The van der Waals surface area contributed by atoms with Crippen LogP contribution in [0, 0.1) is 0 Å². The fourth-order valence-corrected chi connectivity index (χ4v) is 1.04. The molecule has 0 aliphatic heterocycles. The van der Waals surface area contributed by atoms with Crippen LogP contribution in [0.15, 0.2) is 12.1 Å². The maximum Gasteiger partial charge on any atom is 0.339 e. The second kappa shape index (κ2) is 3.80. The normalized spacial score (nSPS) is 11.4. The number of nitrogens with two attached hydrogens (primary N) is 1. The van der Waals surface area contributed by atoms with Crippen LogP contribution in [-0.2, 0) is 5.92 Å². The molecule has 1 heterocycles. The third-order valence-corrected chi connectivity index (χ3v) is 1.97. The van der Waals surface area contributed by atoms with E-state index in [4.69, 9.17) is 10.8 Å². The van der Waals surface area contributed by atoms with Crippen molar-refractivity contribution in [2.24, 2.45) is 0 Å². The van der Waals surface area contributed by atoms with E-state index in [2.05, 4.69) is 4.98 Å². The topological polar surface area (TPSA) is 76.2 Å². The van der Waals surface area contributed by atoms with E-state index in [1.54, 1.807) is 0 Å². The van der Waals surface area contributed by atoms with Gasteiger partial charge in [0.25, 0.3) is 5.92 Å². The van der Waals surface area contributed by atoms with Crippen molar-refractivity contribution in [3.8, 4) is 0 Å². The molecule has 0 saturated heterocycles. The molecule has 0 spiro atoms. The highest BCUT2D eigenvalue weighted by Crippen LogP contribution is 2.30. The van der Waals surface area contributed by atoms with Crippen molar-refractivity contribution in [1.29, 1.82) is 0 Å². The number of halogens is 2. The van der Waals surface area contributed by atoms with E-state index in [1.165, 1.54) is 6.92 Å². The number of aromatic nitrogens is 1. The molecule has 0 aromatic carbocycles. The van der Waals surface area contributed by atoms with E-state index in [0.29, 0.717) is 0 Å². The van der Waals surface area contributed by atoms with Crippen LogP contribution >= 0.6 is 0 Å². The van der Waals surface area contributed by atoms with E-state index in [-0.39, 0.29) is 5.56 Å². The van der Waals surface area contributed by atoms with Crippen molar-refractivity contribution in [3.63, 3.8) is 0 Å². The average Bonchev–Trinajstić information content (AvgIpc) is 2.17. The smallest absolute Gasteiger partial charge is 0.339 e. The molecule has 0 amide bonds. The third-order valence-electron chi connectivity index (χ3n) is 1.97. The Bertz CT molecular complexity index is 394. The molecule has 0 bridgehead atoms. The van der Waals surface area contributed by atoms with Gasteiger partial charge in [-0.25, -0.2) is 9.78 Å². The number of nitrogens with zero attached hydrogens (tertiary/aromatic N) is 1. The second-order valence-electron chi connectivity index (χ2n) is 2.99. The molecule has 1 aromatic rings. The number of alkyl halides is 2. The van der Waals surface area contributed by atoms with Crippen LogP contribution in [-0.4, -0.2) is 16.1 Å². The minimum Gasteiger partial charge on any atom is -0.478 e. The monoisotopic (exact) mass is 216 g/mol. The fourth-order valence-electron chi connectivity index (χ4n) is 1.04. The van der Waals surface area contributed by atoms with E-state index >= 15 is 0 Å². The summed E-state index contributed by atoms with van der Waals surface area (Å²) < 4.78 is 26.3. The summed E-state index contributed by atoms with van der Waals surface area (Å²) in [5, 5.41) is 8.61. The van der Waals surface area contributed by atoms with Gasteiger partial charge < -0.3 is 10.8 Å². The first-order valence-electron chi connectivity index (χ1n) is 4.26. The minimum absolute atomic E-state index is 0.273.